The second-order valence-corrected chi connectivity index (χ2v) is 7.38. The third kappa shape index (κ3) is 3.38. The molecule has 7 heteroatoms. The fourth-order valence-corrected chi connectivity index (χ4v) is 4.14. The maximum absolute atomic E-state index is 5.48. The Bertz CT molecular complexity index is 945. The van der Waals surface area contributed by atoms with Crippen LogP contribution < -0.4 is 9.80 Å². The monoisotopic (exact) mass is 376 g/mol. The molecule has 2 aliphatic rings. The van der Waals surface area contributed by atoms with E-state index in [9.17, 15) is 0 Å². The zero-order chi connectivity index (χ0) is 18.8. The Balaban J connectivity index is 1.31. The van der Waals surface area contributed by atoms with Crippen molar-refractivity contribution in [1.29, 1.82) is 0 Å². The molecule has 2 saturated heterocycles. The number of anilines is 2. The van der Waals surface area contributed by atoms with E-state index in [2.05, 4.69) is 41.9 Å². The predicted octanol–water partition coefficient (Wildman–Crippen LogP) is 2.64. The number of benzene rings is 1. The highest BCUT2D eigenvalue weighted by Gasteiger charge is 2.23. The van der Waals surface area contributed by atoms with Gasteiger partial charge in [-0.1, -0.05) is 12.1 Å². The Morgan fingerprint density at radius 2 is 1.57 bits per heavy atom. The molecule has 4 heterocycles. The number of rotatable bonds is 3. The Hall–Kier alpha value is -2.80. The number of aromatic nitrogens is 4. The zero-order valence-electron chi connectivity index (χ0n) is 15.9. The molecule has 5 rings (SSSR count). The zero-order valence-corrected chi connectivity index (χ0v) is 15.9. The standard InChI is InChI=1S/C21H24N6O/c1-2-4-18-17(3-1)21(25-15-22-18)27-9-7-26(8-10-27)20-13-19(23-14-24-20)16-5-11-28-12-6-16/h1-4,13-16H,5-12H2. The number of fused-ring (bicyclic) bond motifs is 1. The second-order valence-electron chi connectivity index (χ2n) is 7.38. The summed E-state index contributed by atoms with van der Waals surface area (Å²) < 4.78 is 5.48. The normalized spacial score (nSPS) is 18.6. The SMILES string of the molecule is c1ccc2c(N3CCN(c4cc(C5CCOCC5)ncn4)CC3)ncnc2c1. The Labute approximate surface area is 164 Å². The average molecular weight is 376 g/mol. The molecule has 0 spiro atoms. The molecule has 2 aliphatic heterocycles. The van der Waals surface area contributed by atoms with Gasteiger partial charge in [-0.25, -0.2) is 19.9 Å². The Kier molecular flexibility index (Phi) is 4.74. The Morgan fingerprint density at radius 3 is 2.43 bits per heavy atom. The van der Waals surface area contributed by atoms with Crippen molar-refractivity contribution in [3.63, 3.8) is 0 Å². The van der Waals surface area contributed by atoms with Crippen molar-refractivity contribution in [2.45, 2.75) is 18.8 Å². The van der Waals surface area contributed by atoms with Crippen molar-refractivity contribution in [3.05, 3.63) is 48.7 Å². The molecular formula is C21H24N6O. The van der Waals surface area contributed by atoms with Gasteiger partial charge in [0.2, 0.25) is 0 Å². The van der Waals surface area contributed by atoms with Crippen molar-refractivity contribution in [2.24, 2.45) is 0 Å². The van der Waals surface area contributed by atoms with Gasteiger partial charge in [-0.05, 0) is 25.0 Å². The molecule has 144 valence electrons. The lowest BCUT2D eigenvalue weighted by molar-refractivity contribution is 0.0845. The minimum atomic E-state index is 0.490. The predicted molar refractivity (Wildman–Crippen MR) is 109 cm³/mol. The molecule has 0 bridgehead atoms. The number of ether oxygens (including phenoxy) is 1. The van der Waals surface area contributed by atoms with Gasteiger partial charge in [0.25, 0.3) is 0 Å². The first-order valence-corrected chi connectivity index (χ1v) is 9.98. The van der Waals surface area contributed by atoms with Crippen LogP contribution in [-0.4, -0.2) is 59.3 Å². The van der Waals surface area contributed by atoms with Gasteiger partial charge in [-0.15, -0.1) is 0 Å². The quantitative estimate of drug-likeness (QED) is 0.696. The van der Waals surface area contributed by atoms with E-state index in [1.165, 1.54) is 0 Å². The number of piperazine rings is 1. The number of para-hydroxylation sites is 1. The van der Waals surface area contributed by atoms with Crippen LogP contribution >= 0.6 is 0 Å². The summed E-state index contributed by atoms with van der Waals surface area (Å²) in [5.74, 6) is 2.55. The van der Waals surface area contributed by atoms with Crippen molar-refractivity contribution >= 4 is 22.5 Å². The second kappa shape index (κ2) is 7.67. The molecule has 2 aromatic heterocycles. The van der Waals surface area contributed by atoms with Gasteiger partial charge in [-0.2, -0.15) is 0 Å². The van der Waals surface area contributed by atoms with Gasteiger partial charge >= 0.3 is 0 Å². The minimum Gasteiger partial charge on any atom is -0.381 e. The molecule has 0 amide bonds. The molecule has 0 atom stereocenters. The van der Waals surface area contributed by atoms with Crippen LogP contribution in [0.4, 0.5) is 11.6 Å². The first-order valence-electron chi connectivity index (χ1n) is 9.98. The maximum atomic E-state index is 5.48. The van der Waals surface area contributed by atoms with E-state index in [0.717, 1.165) is 80.5 Å². The number of hydrogen-bond donors (Lipinski definition) is 0. The fraction of sp³-hybridized carbons (Fsp3) is 0.429. The molecule has 0 aliphatic carbocycles. The first-order chi connectivity index (χ1) is 13.9. The summed E-state index contributed by atoms with van der Waals surface area (Å²) in [7, 11) is 0. The largest absolute Gasteiger partial charge is 0.381 e. The van der Waals surface area contributed by atoms with E-state index in [1.54, 1.807) is 12.7 Å². The van der Waals surface area contributed by atoms with Crippen LogP contribution in [0.2, 0.25) is 0 Å². The number of hydrogen-bond acceptors (Lipinski definition) is 7. The fourth-order valence-electron chi connectivity index (χ4n) is 4.14. The molecule has 2 fully saturated rings. The lowest BCUT2D eigenvalue weighted by atomic mass is 9.96. The highest BCUT2D eigenvalue weighted by molar-refractivity contribution is 5.89. The summed E-state index contributed by atoms with van der Waals surface area (Å²) in [5, 5.41) is 1.11. The topological polar surface area (TPSA) is 67.3 Å². The van der Waals surface area contributed by atoms with Crippen LogP contribution in [0.1, 0.15) is 24.5 Å². The van der Waals surface area contributed by atoms with E-state index in [0.29, 0.717) is 5.92 Å². The van der Waals surface area contributed by atoms with E-state index in [4.69, 9.17) is 4.74 Å². The number of nitrogens with zero attached hydrogens (tertiary/aromatic N) is 6. The summed E-state index contributed by atoms with van der Waals surface area (Å²) in [6, 6.07) is 10.4. The molecule has 0 saturated carbocycles. The van der Waals surface area contributed by atoms with Gasteiger partial charge in [0.1, 0.15) is 24.3 Å². The molecule has 7 nitrogen and oxygen atoms in total. The van der Waals surface area contributed by atoms with Crippen LogP contribution in [0, 0.1) is 0 Å². The third-order valence-electron chi connectivity index (χ3n) is 5.74. The molecule has 28 heavy (non-hydrogen) atoms. The van der Waals surface area contributed by atoms with Crippen LogP contribution in [0.15, 0.2) is 43.0 Å². The van der Waals surface area contributed by atoms with E-state index < -0.39 is 0 Å². The molecule has 3 aromatic rings. The van der Waals surface area contributed by atoms with Gasteiger partial charge in [-0.3, -0.25) is 0 Å². The summed E-state index contributed by atoms with van der Waals surface area (Å²) in [5.41, 5.74) is 2.14. The highest BCUT2D eigenvalue weighted by atomic mass is 16.5. The molecule has 0 N–H and O–H groups in total. The summed E-state index contributed by atoms with van der Waals surface area (Å²) >= 11 is 0. The van der Waals surface area contributed by atoms with Gasteiger partial charge in [0.15, 0.2) is 0 Å². The average Bonchev–Trinajstić information content (AvgIpc) is 2.79. The van der Waals surface area contributed by atoms with E-state index >= 15 is 0 Å². The smallest absolute Gasteiger partial charge is 0.140 e. The summed E-state index contributed by atoms with van der Waals surface area (Å²) in [6.07, 6.45) is 5.47. The summed E-state index contributed by atoms with van der Waals surface area (Å²) in [6.45, 7) is 5.32. The van der Waals surface area contributed by atoms with Crippen molar-refractivity contribution < 1.29 is 4.74 Å². The van der Waals surface area contributed by atoms with Gasteiger partial charge < -0.3 is 14.5 Å². The maximum Gasteiger partial charge on any atom is 0.140 e. The van der Waals surface area contributed by atoms with Crippen molar-refractivity contribution in [2.75, 3.05) is 49.2 Å². The van der Waals surface area contributed by atoms with Crippen molar-refractivity contribution in [3.8, 4) is 0 Å². The molecular weight excluding hydrogens is 352 g/mol. The Morgan fingerprint density at radius 1 is 0.821 bits per heavy atom. The molecule has 0 radical (unpaired) electrons. The molecule has 0 unspecified atom stereocenters. The lowest BCUT2D eigenvalue weighted by Crippen LogP contribution is -2.47. The van der Waals surface area contributed by atoms with E-state index in [1.807, 2.05) is 18.2 Å². The van der Waals surface area contributed by atoms with E-state index in [-0.39, 0.29) is 0 Å². The van der Waals surface area contributed by atoms with Crippen LogP contribution in [-0.2, 0) is 4.74 Å². The van der Waals surface area contributed by atoms with Gasteiger partial charge in [0.05, 0.1) is 5.52 Å². The molecule has 1 aromatic carbocycles. The highest BCUT2D eigenvalue weighted by Crippen LogP contribution is 2.28. The first kappa shape index (κ1) is 17.3. The van der Waals surface area contributed by atoms with Crippen LogP contribution in [0.3, 0.4) is 0 Å². The minimum absolute atomic E-state index is 0.490. The van der Waals surface area contributed by atoms with Gasteiger partial charge in [0, 0.05) is 62.5 Å². The van der Waals surface area contributed by atoms with Crippen molar-refractivity contribution in [1.82, 2.24) is 19.9 Å². The van der Waals surface area contributed by atoms with Crippen LogP contribution in [0.5, 0.6) is 0 Å². The van der Waals surface area contributed by atoms with Crippen LogP contribution in [0.25, 0.3) is 10.9 Å². The third-order valence-corrected chi connectivity index (χ3v) is 5.74. The summed E-state index contributed by atoms with van der Waals surface area (Å²) in [4.78, 5) is 22.7. The lowest BCUT2D eigenvalue weighted by Gasteiger charge is -2.36.